The maximum absolute atomic E-state index is 5.56. The van der Waals surface area contributed by atoms with Gasteiger partial charge in [-0.05, 0) is 109 Å². The van der Waals surface area contributed by atoms with E-state index >= 15 is 0 Å². The second-order valence-corrected chi connectivity index (χ2v) is 12.8. The molecule has 6 heteroatoms. The number of nitrogens with zero attached hydrogens (tertiary/aromatic N) is 3. The number of methoxy groups -OCH3 is 3. The van der Waals surface area contributed by atoms with E-state index in [1.165, 1.54) is 32.3 Å². The summed E-state index contributed by atoms with van der Waals surface area (Å²) in [6.45, 7) is 0. The molecule has 0 fully saturated rings. The summed E-state index contributed by atoms with van der Waals surface area (Å²) in [6.07, 6.45) is 0. The van der Waals surface area contributed by atoms with Crippen LogP contribution in [0.1, 0.15) is 0 Å². The van der Waals surface area contributed by atoms with Gasteiger partial charge in [0, 0.05) is 49.4 Å². The van der Waals surface area contributed by atoms with E-state index in [4.69, 9.17) is 14.2 Å². The SMILES string of the molecule is COc1ccc(-n2c3ccccc3c3c4c5c6c7ccccc7n(-c7ccc(OC)cc7)c6ccc5n(-c5ccc(OC)cc5)c4ccc32)cc1. The summed E-state index contributed by atoms with van der Waals surface area (Å²) in [5.41, 5.74) is 10.2. The number of para-hydroxylation sites is 2. The van der Waals surface area contributed by atoms with E-state index in [0.29, 0.717) is 0 Å². The first-order valence-corrected chi connectivity index (χ1v) is 17.0. The molecule has 0 saturated heterocycles. The van der Waals surface area contributed by atoms with Crippen LogP contribution in [0.5, 0.6) is 17.2 Å². The molecule has 0 bridgehead atoms. The second-order valence-electron chi connectivity index (χ2n) is 12.8. The van der Waals surface area contributed by atoms with Gasteiger partial charge in [0.1, 0.15) is 17.2 Å². The first-order chi connectivity index (χ1) is 25.2. The molecule has 0 saturated carbocycles. The van der Waals surface area contributed by atoms with Gasteiger partial charge in [0.05, 0.1) is 54.4 Å². The minimum atomic E-state index is 0.828. The first-order valence-electron chi connectivity index (χ1n) is 17.0. The Morgan fingerprint density at radius 1 is 0.294 bits per heavy atom. The Morgan fingerprint density at radius 3 is 0.922 bits per heavy atom. The predicted octanol–water partition coefficient (Wildman–Crippen LogP) is 11.0. The molecule has 0 spiro atoms. The Balaban J connectivity index is 1.42. The molecule has 0 aliphatic carbocycles. The van der Waals surface area contributed by atoms with Crippen LogP contribution >= 0.6 is 0 Å². The molecule has 0 unspecified atom stereocenters. The van der Waals surface area contributed by atoms with Gasteiger partial charge in [0.15, 0.2) is 0 Å². The van der Waals surface area contributed by atoms with Gasteiger partial charge < -0.3 is 27.9 Å². The Bertz CT molecular complexity index is 2770. The summed E-state index contributed by atoms with van der Waals surface area (Å²) in [6, 6.07) is 51.7. The lowest BCUT2D eigenvalue weighted by molar-refractivity contribution is 0.414. The molecule has 3 aromatic heterocycles. The van der Waals surface area contributed by atoms with Gasteiger partial charge in [-0.1, -0.05) is 36.4 Å². The highest BCUT2D eigenvalue weighted by Crippen LogP contribution is 2.47. The van der Waals surface area contributed by atoms with E-state index in [1.807, 2.05) is 36.4 Å². The van der Waals surface area contributed by atoms with Crippen LogP contribution in [-0.4, -0.2) is 35.0 Å². The van der Waals surface area contributed by atoms with Crippen LogP contribution < -0.4 is 14.2 Å². The fourth-order valence-electron chi connectivity index (χ4n) is 8.14. The van der Waals surface area contributed by atoms with E-state index in [2.05, 4.69) is 123 Å². The van der Waals surface area contributed by atoms with E-state index in [1.54, 1.807) is 21.3 Å². The Labute approximate surface area is 293 Å². The van der Waals surface area contributed by atoms with Crippen LogP contribution in [0.15, 0.2) is 146 Å². The summed E-state index contributed by atoms with van der Waals surface area (Å²) < 4.78 is 23.8. The second kappa shape index (κ2) is 11.2. The van der Waals surface area contributed by atoms with E-state index in [9.17, 15) is 0 Å². The van der Waals surface area contributed by atoms with Crippen molar-refractivity contribution in [1.82, 2.24) is 13.7 Å². The van der Waals surface area contributed by atoms with Crippen molar-refractivity contribution >= 4 is 65.4 Å². The number of fused-ring (bicyclic) bond motifs is 11. The molecule has 0 aliphatic rings. The number of ether oxygens (including phenoxy) is 3. The van der Waals surface area contributed by atoms with Crippen molar-refractivity contribution in [2.45, 2.75) is 0 Å². The van der Waals surface area contributed by atoms with Crippen molar-refractivity contribution in [2.24, 2.45) is 0 Å². The monoisotopic (exact) mass is 663 g/mol. The summed E-state index contributed by atoms with van der Waals surface area (Å²) in [5.74, 6) is 2.50. The predicted molar refractivity (Wildman–Crippen MR) is 209 cm³/mol. The Hall–Kier alpha value is -6.66. The topological polar surface area (TPSA) is 42.5 Å². The van der Waals surface area contributed by atoms with Crippen molar-refractivity contribution in [3.63, 3.8) is 0 Å². The van der Waals surface area contributed by atoms with E-state index < -0.39 is 0 Å². The molecule has 0 radical (unpaired) electrons. The van der Waals surface area contributed by atoms with E-state index in [-0.39, 0.29) is 0 Å². The summed E-state index contributed by atoms with van der Waals surface area (Å²) in [5, 5.41) is 7.32. The summed E-state index contributed by atoms with van der Waals surface area (Å²) in [4.78, 5) is 0. The third-order valence-corrected chi connectivity index (χ3v) is 10.4. The molecular formula is C45H33N3O3. The zero-order valence-corrected chi connectivity index (χ0v) is 28.4. The normalized spacial score (nSPS) is 11.8. The first kappa shape index (κ1) is 29.3. The van der Waals surface area contributed by atoms with Crippen molar-refractivity contribution in [3.8, 4) is 34.3 Å². The fraction of sp³-hybridized carbons (Fsp3) is 0.0667. The average molecular weight is 664 g/mol. The molecule has 0 atom stereocenters. The van der Waals surface area contributed by atoms with Crippen molar-refractivity contribution < 1.29 is 14.2 Å². The Morgan fingerprint density at radius 2 is 0.588 bits per heavy atom. The highest BCUT2D eigenvalue weighted by Gasteiger charge is 2.24. The highest BCUT2D eigenvalue weighted by molar-refractivity contribution is 6.36. The molecule has 10 aromatic rings. The highest BCUT2D eigenvalue weighted by atomic mass is 16.5. The number of benzene rings is 7. The van der Waals surface area contributed by atoms with Gasteiger partial charge in [-0.15, -0.1) is 0 Å². The molecule has 51 heavy (non-hydrogen) atoms. The van der Waals surface area contributed by atoms with Crippen LogP contribution in [0.2, 0.25) is 0 Å². The van der Waals surface area contributed by atoms with Gasteiger partial charge in [0.2, 0.25) is 0 Å². The lowest BCUT2D eigenvalue weighted by Crippen LogP contribution is -1.95. The molecule has 7 aromatic carbocycles. The zero-order chi connectivity index (χ0) is 34.2. The zero-order valence-electron chi connectivity index (χ0n) is 28.4. The van der Waals surface area contributed by atoms with Gasteiger partial charge in [-0.25, -0.2) is 0 Å². The van der Waals surface area contributed by atoms with Gasteiger partial charge in [-0.3, -0.25) is 0 Å². The lowest BCUT2D eigenvalue weighted by Gasteiger charge is -2.10. The Kier molecular flexibility index (Phi) is 6.42. The van der Waals surface area contributed by atoms with Gasteiger partial charge in [-0.2, -0.15) is 0 Å². The molecule has 3 heterocycles. The maximum atomic E-state index is 5.56. The molecule has 0 aliphatic heterocycles. The average Bonchev–Trinajstić information content (AvgIpc) is 3.83. The van der Waals surface area contributed by atoms with Crippen LogP contribution in [0, 0.1) is 0 Å². The van der Waals surface area contributed by atoms with Crippen LogP contribution in [0.3, 0.4) is 0 Å². The molecule has 0 N–H and O–H groups in total. The molecule has 246 valence electrons. The van der Waals surface area contributed by atoms with Gasteiger partial charge >= 0.3 is 0 Å². The number of hydrogen-bond donors (Lipinski definition) is 0. The lowest BCUT2D eigenvalue weighted by atomic mass is 10.0. The minimum Gasteiger partial charge on any atom is -0.497 e. The molecular weight excluding hydrogens is 631 g/mol. The molecule has 6 nitrogen and oxygen atoms in total. The molecule has 10 rings (SSSR count). The number of hydrogen-bond acceptors (Lipinski definition) is 3. The standard InChI is InChI=1S/C45H33N3O3/c1-49-31-18-12-28(13-19-31)46-36-10-6-4-8-34(36)42-38(46)24-26-40-44(42)45-41(48(40)30-16-22-33(51-3)23-17-30)27-25-39-43(45)35-9-5-7-11-37(35)47(39)29-14-20-32(50-2)21-15-29/h4-27H,1-3H3. The van der Waals surface area contributed by atoms with Crippen molar-refractivity contribution in [2.75, 3.05) is 21.3 Å². The summed E-state index contributed by atoms with van der Waals surface area (Å²) in [7, 11) is 5.12. The number of rotatable bonds is 6. The summed E-state index contributed by atoms with van der Waals surface area (Å²) >= 11 is 0. The van der Waals surface area contributed by atoms with E-state index in [0.717, 1.165) is 67.4 Å². The van der Waals surface area contributed by atoms with Crippen LogP contribution in [0.25, 0.3) is 82.5 Å². The number of aromatic nitrogens is 3. The smallest absolute Gasteiger partial charge is 0.119 e. The van der Waals surface area contributed by atoms with Gasteiger partial charge in [0.25, 0.3) is 0 Å². The fourth-order valence-corrected chi connectivity index (χ4v) is 8.14. The largest absolute Gasteiger partial charge is 0.497 e. The quantitative estimate of drug-likeness (QED) is 0.178. The minimum absolute atomic E-state index is 0.828. The molecule has 0 amide bonds. The third kappa shape index (κ3) is 4.17. The van der Waals surface area contributed by atoms with Crippen LogP contribution in [-0.2, 0) is 0 Å². The van der Waals surface area contributed by atoms with Crippen molar-refractivity contribution in [1.29, 1.82) is 0 Å². The van der Waals surface area contributed by atoms with Crippen molar-refractivity contribution in [3.05, 3.63) is 146 Å². The third-order valence-electron chi connectivity index (χ3n) is 10.4. The maximum Gasteiger partial charge on any atom is 0.119 e. The van der Waals surface area contributed by atoms with Crippen LogP contribution in [0.4, 0.5) is 0 Å².